The summed E-state index contributed by atoms with van der Waals surface area (Å²) < 4.78 is 0. The van der Waals surface area contributed by atoms with Crippen molar-refractivity contribution in [3.05, 3.63) is 104 Å². The lowest BCUT2D eigenvalue weighted by Gasteiger charge is -2.32. The molecule has 0 amide bonds. The standard InChI is InChI=1S/C51H68O2/c1-27(2)33-21-37(29(5)6)43(38(22-33)30(7)8)35-17-19-41-45(47(35)52)51(25-49(41,13)14)26-50(15,16)42-20-18-36(48(53)46(42)51)44-39(31(9)10)23-34(28(3)4)24-40(44)32(11)12/h17-24,27-32,52-53H,25-26H2,1-16H3. The molecule has 0 saturated carbocycles. The average molecular weight is 713 g/mol. The molecule has 2 heteroatoms. The van der Waals surface area contributed by atoms with Crippen molar-refractivity contribution in [2.75, 3.05) is 0 Å². The van der Waals surface area contributed by atoms with Gasteiger partial charge < -0.3 is 10.2 Å². The van der Waals surface area contributed by atoms with Crippen LogP contribution in [0.3, 0.4) is 0 Å². The van der Waals surface area contributed by atoms with Crippen LogP contribution in [0.2, 0.25) is 0 Å². The van der Waals surface area contributed by atoms with E-state index >= 15 is 0 Å². The number of rotatable bonds is 8. The number of phenols is 2. The van der Waals surface area contributed by atoms with Gasteiger partial charge in [0.1, 0.15) is 11.5 Å². The fraction of sp³-hybridized carbons (Fsp3) is 0.529. The largest absolute Gasteiger partial charge is 0.507 e. The molecular weight excluding hydrogens is 645 g/mol. The Bertz CT molecular complexity index is 1860. The van der Waals surface area contributed by atoms with Gasteiger partial charge in [-0.3, -0.25) is 0 Å². The van der Waals surface area contributed by atoms with E-state index in [9.17, 15) is 10.2 Å². The van der Waals surface area contributed by atoms with Crippen LogP contribution in [0.25, 0.3) is 22.3 Å². The van der Waals surface area contributed by atoms with Gasteiger partial charge in [-0.1, -0.05) is 159 Å². The second kappa shape index (κ2) is 13.3. The molecule has 0 aromatic heterocycles. The topological polar surface area (TPSA) is 40.5 Å². The Labute approximate surface area is 322 Å². The molecule has 0 saturated heterocycles. The Morgan fingerprint density at radius 1 is 0.434 bits per heavy atom. The summed E-state index contributed by atoms with van der Waals surface area (Å²) in [4.78, 5) is 0. The summed E-state index contributed by atoms with van der Waals surface area (Å²) >= 11 is 0. The molecule has 2 aliphatic rings. The highest BCUT2D eigenvalue weighted by Gasteiger charge is 2.59. The molecule has 6 rings (SSSR count). The summed E-state index contributed by atoms with van der Waals surface area (Å²) in [6, 6.07) is 18.6. The summed E-state index contributed by atoms with van der Waals surface area (Å²) in [5.74, 6) is 2.81. The number of aromatic hydroxyl groups is 2. The van der Waals surface area contributed by atoms with E-state index in [0.29, 0.717) is 47.0 Å². The van der Waals surface area contributed by atoms with Gasteiger partial charge in [0.05, 0.1) is 0 Å². The first-order chi connectivity index (χ1) is 24.6. The molecule has 0 radical (unpaired) electrons. The minimum Gasteiger partial charge on any atom is -0.507 e. The molecule has 0 aliphatic heterocycles. The van der Waals surface area contributed by atoms with Crippen LogP contribution in [0.1, 0.15) is 215 Å². The van der Waals surface area contributed by atoms with Crippen LogP contribution < -0.4 is 0 Å². The van der Waals surface area contributed by atoms with Crippen molar-refractivity contribution in [1.29, 1.82) is 0 Å². The maximum atomic E-state index is 13.0. The first kappa shape index (κ1) is 39.2. The molecule has 0 heterocycles. The first-order valence-electron chi connectivity index (χ1n) is 20.7. The van der Waals surface area contributed by atoms with Gasteiger partial charge in [-0.2, -0.15) is 0 Å². The van der Waals surface area contributed by atoms with Crippen LogP contribution in [0.4, 0.5) is 0 Å². The highest BCUT2D eigenvalue weighted by Crippen LogP contribution is 2.68. The van der Waals surface area contributed by atoms with Crippen LogP contribution in [-0.2, 0) is 16.2 Å². The van der Waals surface area contributed by atoms with Crippen molar-refractivity contribution in [3.8, 4) is 33.8 Å². The van der Waals surface area contributed by atoms with E-state index in [1.165, 1.54) is 55.6 Å². The zero-order chi connectivity index (χ0) is 39.3. The van der Waals surface area contributed by atoms with E-state index in [1.54, 1.807) is 0 Å². The van der Waals surface area contributed by atoms with E-state index in [-0.39, 0.29) is 10.8 Å². The Morgan fingerprint density at radius 3 is 0.962 bits per heavy atom. The summed E-state index contributed by atoms with van der Waals surface area (Å²) in [7, 11) is 0. The number of benzene rings is 4. The Morgan fingerprint density at radius 2 is 0.717 bits per heavy atom. The van der Waals surface area contributed by atoms with Crippen molar-refractivity contribution in [3.63, 3.8) is 0 Å². The van der Waals surface area contributed by atoms with Crippen molar-refractivity contribution in [2.45, 2.75) is 175 Å². The van der Waals surface area contributed by atoms with Gasteiger partial charge in [-0.15, -0.1) is 0 Å². The van der Waals surface area contributed by atoms with Gasteiger partial charge in [0.15, 0.2) is 0 Å². The highest BCUT2D eigenvalue weighted by atomic mass is 16.3. The maximum absolute atomic E-state index is 13.0. The molecule has 0 unspecified atom stereocenters. The normalized spacial score (nSPS) is 17.0. The third kappa shape index (κ3) is 6.15. The predicted octanol–water partition coefficient (Wildman–Crippen LogP) is 14.8. The minimum absolute atomic E-state index is 0.195. The third-order valence-electron chi connectivity index (χ3n) is 13.1. The number of fused-ring (bicyclic) bond motifs is 4. The van der Waals surface area contributed by atoms with Crippen molar-refractivity contribution < 1.29 is 10.2 Å². The maximum Gasteiger partial charge on any atom is 0.127 e. The molecule has 1 spiro atoms. The summed E-state index contributed by atoms with van der Waals surface area (Å²) in [5.41, 5.74) is 15.7. The van der Waals surface area contributed by atoms with Crippen molar-refractivity contribution >= 4 is 0 Å². The molecule has 53 heavy (non-hydrogen) atoms. The van der Waals surface area contributed by atoms with Crippen molar-refractivity contribution in [2.24, 2.45) is 0 Å². The van der Waals surface area contributed by atoms with E-state index in [4.69, 9.17) is 0 Å². The van der Waals surface area contributed by atoms with Gasteiger partial charge in [0.25, 0.3) is 0 Å². The Balaban J connectivity index is 1.71. The lowest BCUT2D eigenvalue weighted by Crippen LogP contribution is -2.27. The molecule has 2 N–H and O–H groups in total. The van der Waals surface area contributed by atoms with Gasteiger partial charge in [-0.25, -0.2) is 0 Å². The van der Waals surface area contributed by atoms with Gasteiger partial charge in [0, 0.05) is 27.7 Å². The zero-order valence-electron chi connectivity index (χ0n) is 35.9. The van der Waals surface area contributed by atoms with E-state index in [2.05, 4.69) is 159 Å². The fourth-order valence-corrected chi connectivity index (χ4v) is 10.5. The molecule has 4 aromatic rings. The quantitative estimate of drug-likeness (QED) is 0.191. The molecule has 0 atom stereocenters. The van der Waals surface area contributed by atoms with Crippen LogP contribution in [0.5, 0.6) is 11.5 Å². The number of hydrogen-bond acceptors (Lipinski definition) is 2. The summed E-state index contributed by atoms with van der Waals surface area (Å²) in [5, 5.41) is 26.0. The van der Waals surface area contributed by atoms with E-state index in [0.717, 1.165) is 35.1 Å². The van der Waals surface area contributed by atoms with Crippen molar-refractivity contribution in [1.82, 2.24) is 0 Å². The van der Waals surface area contributed by atoms with Gasteiger partial charge in [-0.05, 0) is 115 Å². The molecule has 2 nitrogen and oxygen atoms in total. The first-order valence-corrected chi connectivity index (χ1v) is 20.7. The lowest BCUT2D eigenvalue weighted by atomic mass is 9.71. The van der Waals surface area contributed by atoms with E-state index in [1.807, 2.05) is 0 Å². The molecule has 284 valence electrons. The fourth-order valence-electron chi connectivity index (χ4n) is 10.5. The van der Waals surface area contributed by atoms with Crippen LogP contribution in [0.15, 0.2) is 48.5 Å². The monoisotopic (exact) mass is 713 g/mol. The molecule has 2 aliphatic carbocycles. The van der Waals surface area contributed by atoms with Gasteiger partial charge >= 0.3 is 0 Å². The Kier molecular flexibility index (Phi) is 9.87. The highest BCUT2D eigenvalue weighted by molar-refractivity contribution is 5.85. The summed E-state index contributed by atoms with van der Waals surface area (Å²) in [6.07, 6.45) is 1.67. The molecule has 4 aromatic carbocycles. The SMILES string of the molecule is CC(C)c1cc(C(C)C)c(-c2ccc3c(c2O)C2(CC3(C)C)CC(C)(C)c3ccc(-c4c(C(C)C)cc(C(C)C)cc4C(C)C)c(O)c32)c(C(C)C)c1. The van der Waals surface area contributed by atoms with Crippen LogP contribution in [0, 0.1) is 0 Å². The second-order valence-electron chi connectivity index (χ2n) is 20.0. The second-order valence-corrected chi connectivity index (χ2v) is 20.0. The third-order valence-corrected chi connectivity index (χ3v) is 13.1. The van der Waals surface area contributed by atoms with Crippen LogP contribution in [-0.4, -0.2) is 10.2 Å². The molecular formula is C51H68O2. The number of hydrogen-bond donors (Lipinski definition) is 2. The minimum atomic E-state index is -0.542. The number of phenolic OH excluding ortho intramolecular Hbond substituents is 2. The predicted molar refractivity (Wildman–Crippen MR) is 228 cm³/mol. The summed E-state index contributed by atoms with van der Waals surface area (Å²) in [6.45, 7) is 36.7. The zero-order valence-corrected chi connectivity index (χ0v) is 35.9. The Hall–Kier alpha value is -3.52. The smallest absolute Gasteiger partial charge is 0.127 e. The van der Waals surface area contributed by atoms with Gasteiger partial charge in [0.2, 0.25) is 0 Å². The molecule has 0 fully saturated rings. The average Bonchev–Trinajstić information content (AvgIpc) is 3.43. The molecule has 0 bridgehead atoms. The lowest BCUT2D eigenvalue weighted by molar-refractivity contribution is 0.336. The van der Waals surface area contributed by atoms with Crippen LogP contribution >= 0.6 is 0 Å². The van der Waals surface area contributed by atoms with E-state index < -0.39 is 5.41 Å².